The molecule has 1 N–H and O–H groups in total. The average Bonchev–Trinajstić information content (AvgIpc) is 2.97. The van der Waals surface area contributed by atoms with Crippen LogP contribution >= 0.6 is 0 Å². The third kappa shape index (κ3) is 2.00. The highest BCUT2D eigenvalue weighted by molar-refractivity contribution is 5.89. The van der Waals surface area contributed by atoms with Crippen molar-refractivity contribution in [2.75, 3.05) is 26.2 Å². The van der Waals surface area contributed by atoms with Gasteiger partial charge in [-0.3, -0.25) is 4.79 Å². The van der Waals surface area contributed by atoms with Gasteiger partial charge in [0.05, 0.1) is 5.41 Å². The normalized spacial score (nSPS) is 30.0. The van der Waals surface area contributed by atoms with Gasteiger partial charge < -0.3 is 10.2 Å². The molecule has 0 radical (unpaired) electrons. The SMILES string of the molecule is O=C(N1C[C@H]2CNC[C@H]2C1)C1(c2cccc(F)c2)CCC1. The largest absolute Gasteiger partial charge is 0.341 e. The molecule has 3 fully saturated rings. The van der Waals surface area contributed by atoms with Crippen LogP contribution in [0.15, 0.2) is 24.3 Å². The van der Waals surface area contributed by atoms with Crippen LogP contribution in [-0.2, 0) is 10.2 Å². The molecule has 3 aliphatic rings. The molecule has 0 aromatic heterocycles. The van der Waals surface area contributed by atoms with Crippen LogP contribution < -0.4 is 5.32 Å². The maximum atomic E-state index is 13.6. The lowest BCUT2D eigenvalue weighted by atomic mass is 9.63. The topological polar surface area (TPSA) is 32.3 Å². The number of nitrogens with one attached hydrogen (secondary N) is 1. The van der Waals surface area contributed by atoms with Crippen molar-refractivity contribution in [3.63, 3.8) is 0 Å². The second-order valence-corrected chi connectivity index (χ2v) is 6.83. The number of fused-ring (bicyclic) bond motifs is 1. The summed E-state index contributed by atoms with van der Waals surface area (Å²) in [5, 5.41) is 3.40. The van der Waals surface area contributed by atoms with Crippen LogP contribution in [0.2, 0.25) is 0 Å². The lowest BCUT2D eigenvalue weighted by Crippen LogP contribution is -2.51. The minimum absolute atomic E-state index is 0.230. The molecule has 0 unspecified atom stereocenters. The first kappa shape index (κ1) is 13.3. The molecule has 2 heterocycles. The minimum atomic E-state index is -0.450. The lowest BCUT2D eigenvalue weighted by molar-refractivity contribution is -0.140. The Hall–Kier alpha value is -1.42. The second-order valence-electron chi connectivity index (χ2n) is 6.83. The van der Waals surface area contributed by atoms with E-state index in [0.717, 1.165) is 51.0 Å². The number of nitrogens with zero attached hydrogens (tertiary/aromatic N) is 1. The van der Waals surface area contributed by atoms with Crippen LogP contribution in [0.25, 0.3) is 0 Å². The van der Waals surface area contributed by atoms with Gasteiger partial charge in [-0.15, -0.1) is 0 Å². The van der Waals surface area contributed by atoms with Crippen LogP contribution in [0, 0.1) is 17.7 Å². The molecule has 3 nitrogen and oxygen atoms in total. The molecule has 1 aromatic rings. The number of amides is 1. The molecule has 1 amide bonds. The molecule has 112 valence electrons. The van der Waals surface area contributed by atoms with Gasteiger partial charge in [-0.2, -0.15) is 0 Å². The molecule has 4 heteroatoms. The first-order valence-corrected chi connectivity index (χ1v) is 7.95. The summed E-state index contributed by atoms with van der Waals surface area (Å²) < 4.78 is 13.6. The van der Waals surface area contributed by atoms with Crippen molar-refractivity contribution in [3.8, 4) is 0 Å². The first-order valence-electron chi connectivity index (χ1n) is 7.95. The van der Waals surface area contributed by atoms with Gasteiger partial charge in [0.2, 0.25) is 5.91 Å². The van der Waals surface area contributed by atoms with E-state index in [1.54, 1.807) is 12.1 Å². The van der Waals surface area contributed by atoms with Crippen molar-refractivity contribution >= 4 is 5.91 Å². The molecule has 2 aliphatic heterocycles. The number of carbonyl (C=O) groups is 1. The van der Waals surface area contributed by atoms with Gasteiger partial charge in [0.1, 0.15) is 5.82 Å². The maximum absolute atomic E-state index is 13.6. The van der Waals surface area contributed by atoms with Crippen LogP contribution in [0.4, 0.5) is 4.39 Å². The summed E-state index contributed by atoms with van der Waals surface area (Å²) in [6.07, 6.45) is 2.78. The Morgan fingerprint density at radius 1 is 1.24 bits per heavy atom. The van der Waals surface area contributed by atoms with E-state index >= 15 is 0 Å². The van der Waals surface area contributed by atoms with E-state index in [-0.39, 0.29) is 11.7 Å². The Morgan fingerprint density at radius 3 is 2.52 bits per heavy atom. The fraction of sp³-hybridized carbons (Fsp3) is 0.588. The van der Waals surface area contributed by atoms with E-state index in [4.69, 9.17) is 0 Å². The van der Waals surface area contributed by atoms with Crippen molar-refractivity contribution in [2.45, 2.75) is 24.7 Å². The van der Waals surface area contributed by atoms with Gasteiger partial charge >= 0.3 is 0 Å². The summed E-state index contributed by atoms with van der Waals surface area (Å²) in [7, 11) is 0. The van der Waals surface area contributed by atoms with Crippen LogP contribution in [-0.4, -0.2) is 37.0 Å². The zero-order valence-corrected chi connectivity index (χ0v) is 12.1. The standard InChI is InChI=1S/C17H21FN2O/c18-15-4-1-3-14(7-15)17(5-2-6-17)16(21)20-10-12-8-19-9-13(12)11-20/h1,3-4,7,12-13,19H,2,5-6,8-11H2/t12-,13+. The smallest absolute Gasteiger partial charge is 0.233 e. The molecular formula is C17H21FN2O. The van der Waals surface area contributed by atoms with Gasteiger partial charge in [-0.05, 0) is 42.4 Å². The quantitative estimate of drug-likeness (QED) is 0.902. The summed E-state index contributed by atoms with van der Waals surface area (Å²) in [6.45, 7) is 3.80. The van der Waals surface area contributed by atoms with E-state index in [1.807, 2.05) is 11.0 Å². The molecule has 1 saturated carbocycles. The number of likely N-dealkylation sites (tertiary alicyclic amines) is 1. The molecule has 21 heavy (non-hydrogen) atoms. The summed E-state index contributed by atoms with van der Waals surface area (Å²) >= 11 is 0. The van der Waals surface area contributed by atoms with Gasteiger partial charge in [0.15, 0.2) is 0 Å². The summed E-state index contributed by atoms with van der Waals surface area (Å²) in [4.78, 5) is 15.1. The number of halogens is 1. The molecular weight excluding hydrogens is 267 g/mol. The van der Waals surface area contributed by atoms with Crippen LogP contribution in [0.3, 0.4) is 0 Å². The Kier molecular flexibility index (Phi) is 3.03. The van der Waals surface area contributed by atoms with E-state index in [1.165, 1.54) is 6.07 Å². The summed E-state index contributed by atoms with van der Waals surface area (Å²) in [5.41, 5.74) is 0.419. The van der Waals surface area contributed by atoms with Crippen LogP contribution in [0.5, 0.6) is 0 Å². The molecule has 4 rings (SSSR count). The highest BCUT2D eigenvalue weighted by Crippen LogP contribution is 2.46. The number of rotatable bonds is 2. The third-order valence-electron chi connectivity index (χ3n) is 5.67. The Labute approximate surface area is 124 Å². The Balaban J connectivity index is 1.59. The molecule has 2 atom stereocenters. The van der Waals surface area contributed by atoms with E-state index in [9.17, 15) is 9.18 Å². The molecule has 1 aliphatic carbocycles. The number of benzene rings is 1. The van der Waals surface area contributed by atoms with E-state index < -0.39 is 5.41 Å². The summed E-state index contributed by atoms with van der Waals surface area (Å²) in [6, 6.07) is 6.64. The van der Waals surface area contributed by atoms with Crippen molar-refractivity contribution in [1.29, 1.82) is 0 Å². The van der Waals surface area contributed by atoms with Gasteiger partial charge in [-0.1, -0.05) is 18.6 Å². The zero-order chi connectivity index (χ0) is 14.4. The maximum Gasteiger partial charge on any atom is 0.233 e. The number of carbonyl (C=O) groups excluding carboxylic acids is 1. The van der Waals surface area contributed by atoms with Crippen LogP contribution in [0.1, 0.15) is 24.8 Å². The second kappa shape index (κ2) is 4.80. The van der Waals surface area contributed by atoms with Crippen molar-refractivity contribution in [2.24, 2.45) is 11.8 Å². The van der Waals surface area contributed by atoms with E-state index in [2.05, 4.69) is 5.32 Å². The molecule has 0 bridgehead atoms. The average molecular weight is 288 g/mol. The lowest BCUT2D eigenvalue weighted by Gasteiger charge is -2.43. The van der Waals surface area contributed by atoms with Gasteiger partial charge in [-0.25, -0.2) is 4.39 Å². The fourth-order valence-corrected chi connectivity index (χ4v) is 4.27. The first-order chi connectivity index (χ1) is 10.2. The Bertz CT molecular complexity index is 558. The predicted octanol–water partition coefficient (Wildman–Crippen LogP) is 1.93. The van der Waals surface area contributed by atoms with Crippen molar-refractivity contribution in [3.05, 3.63) is 35.6 Å². The minimum Gasteiger partial charge on any atom is -0.341 e. The fourth-order valence-electron chi connectivity index (χ4n) is 4.27. The molecule has 2 saturated heterocycles. The third-order valence-corrected chi connectivity index (χ3v) is 5.67. The summed E-state index contributed by atoms with van der Waals surface area (Å²) in [5.74, 6) is 1.21. The monoisotopic (exact) mass is 288 g/mol. The Morgan fingerprint density at radius 2 is 1.95 bits per heavy atom. The van der Waals surface area contributed by atoms with Crippen molar-refractivity contribution < 1.29 is 9.18 Å². The molecule has 0 spiro atoms. The zero-order valence-electron chi connectivity index (χ0n) is 12.1. The van der Waals surface area contributed by atoms with Gasteiger partial charge in [0, 0.05) is 26.2 Å². The van der Waals surface area contributed by atoms with Crippen molar-refractivity contribution in [1.82, 2.24) is 10.2 Å². The molecule has 1 aromatic carbocycles. The van der Waals surface area contributed by atoms with E-state index in [0.29, 0.717) is 11.8 Å². The van der Waals surface area contributed by atoms with Gasteiger partial charge in [0.25, 0.3) is 0 Å². The number of hydrogen-bond acceptors (Lipinski definition) is 2. The number of hydrogen-bond donors (Lipinski definition) is 1. The highest BCUT2D eigenvalue weighted by atomic mass is 19.1. The highest BCUT2D eigenvalue weighted by Gasteiger charge is 2.50. The predicted molar refractivity (Wildman–Crippen MR) is 78.4 cm³/mol.